The summed E-state index contributed by atoms with van der Waals surface area (Å²) in [5, 5.41) is 13.1. The first-order valence-corrected chi connectivity index (χ1v) is 5.46. The third-order valence-electron chi connectivity index (χ3n) is 2.92. The van der Waals surface area contributed by atoms with Crippen molar-refractivity contribution in [2.45, 2.75) is 25.1 Å². The van der Waals surface area contributed by atoms with Gasteiger partial charge in [-0.1, -0.05) is 0 Å². The number of alkyl halides is 3. The molecule has 0 aliphatic carbocycles. The normalized spacial score (nSPS) is 19.7. The topological polar surface area (TPSA) is 41.3 Å². The van der Waals surface area contributed by atoms with Crippen molar-refractivity contribution in [1.29, 1.82) is 0 Å². The maximum atomic E-state index is 12.2. The Balaban J connectivity index is 1.86. The average molecular weight is 249 g/mol. The smallest absolute Gasteiger partial charge is 0.401 e. The first-order valence-electron chi connectivity index (χ1n) is 5.46. The molecule has 1 saturated heterocycles. The lowest BCUT2D eigenvalue weighted by molar-refractivity contribution is -0.148. The first kappa shape index (κ1) is 12.2. The number of piperidine rings is 1. The standard InChI is InChI=1S/C10H14F3N3O/c11-10(12,13)7-15-3-1-8(2-4-15)16-6-9(17)5-14-16/h5-6,8,17H,1-4,7H2. The van der Waals surface area contributed by atoms with Crippen molar-refractivity contribution >= 4 is 0 Å². The van der Waals surface area contributed by atoms with Crippen LogP contribution in [0.5, 0.6) is 5.75 Å². The van der Waals surface area contributed by atoms with Gasteiger partial charge in [-0.15, -0.1) is 0 Å². The van der Waals surface area contributed by atoms with E-state index in [2.05, 4.69) is 5.10 Å². The Morgan fingerprint density at radius 2 is 2.00 bits per heavy atom. The van der Waals surface area contributed by atoms with Crippen LogP contribution in [0.4, 0.5) is 13.2 Å². The summed E-state index contributed by atoms with van der Waals surface area (Å²) in [5.74, 6) is 0.0859. The van der Waals surface area contributed by atoms with Gasteiger partial charge in [0, 0.05) is 13.1 Å². The fourth-order valence-electron chi connectivity index (χ4n) is 2.12. The summed E-state index contributed by atoms with van der Waals surface area (Å²) in [6, 6.07) is 0.0837. The Hall–Kier alpha value is -1.24. The van der Waals surface area contributed by atoms with Gasteiger partial charge in [-0.05, 0) is 12.8 Å². The number of aromatic nitrogens is 2. The zero-order valence-corrected chi connectivity index (χ0v) is 9.19. The van der Waals surface area contributed by atoms with E-state index in [9.17, 15) is 13.2 Å². The molecule has 0 atom stereocenters. The van der Waals surface area contributed by atoms with Crippen LogP contribution in [0.2, 0.25) is 0 Å². The van der Waals surface area contributed by atoms with E-state index in [0.717, 1.165) is 0 Å². The van der Waals surface area contributed by atoms with Gasteiger partial charge in [-0.25, -0.2) is 0 Å². The molecule has 0 spiro atoms. The van der Waals surface area contributed by atoms with E-state index >= 15 is 0 Å². The second-order valence-corrected chi connectivity index (χ2v) is 4.30. The highest BCUT2D eigenvalue weighted by Gasteiger charge is 2.32. The lowest BCUT2D eigenvalue weighted by Crippen LogP contribution is -2.40. The van der Waals surface area contributed by atoms with Gasteiger partial charge in [0.15, 0.2) is 5.75 Å². The summed E-state index contributed by atoms with van der Waals surface area (Å²) < 4.78 is 38.1. The minimum absolute atomic E-state index is 0.0837. The Bertz CT molecular complexity index is 369. The van der Waals surface area contributed by atoms with E-state index in [1.165, 1.54) is 17.3 Å². The van der Waals surface area contributed by atoms with Crippen molar-refractivity contribution in [3.05, 3.63) is 12.4 Å². The van der Waals surface area contributed by atoms with Gasteiger partial charge in [0.05, 0.1) is 25.0 Å². The van der Waals surface area contributed by atoms with Gasteiger partial charge in [-0.3, -0.25) is 9.58 Å². The summed E-state index contributed by atoms with van der Waals surface area (Å²) in [5.41, 5.74) is 0. The van der Waals surface area contributed by atoms with Crippen LogP contribution in [-0.2, 0) is 0 Å². The summed E-state index contributed by atoms with van der Waals surface area (Å²) >= 11 is 0. The van der Waals surface area contributed by atoms with Crippen molar-refractivity contribution < 1.29 is 18.3 Å². The molecule has 96 valence electrons. The highest BCUT2D eigenvalue weighted by Crippen LogP contribution is 2.25. The summed E-state index contributed by atoms with van der Waals surface area (Å²) in [7, 11) is 0. The summed E-state index contributed by atoms with van der Waals surface area (Å²) in [6.45, 7) is -0.0281. The highest BCUT2D eigenvalue weighted by atomic mass is 19.4. The molecule has 2 rings (SSSR count). The second-order valence-electron chi connectivity index (χ2n) is 4.30. The fourth-order valence-corrected chi connectivity index (χ4v) is 2.12. The lowest BCUT2D eigenvalue weighted by Gasteiger charge is -2.32. The number of nitrogens with zero attached hydrogens (tertiary/aromatic N) is 3. The molecule has 0 aromatic carbocycles. The van der Waals surface area contributed by atoms with Crippen molar-refractivity contribution in [1.82, 2.24) is 14.7 Å². The third-order valence-corrected chi connectivity index (χ3v) is 2.92. The van der Waals surface area contributed by atoms with E-state index in [4.69, 9.17) is 5.11 Å². The van der Waals surface area contributed by atoms with Crippen LogP contribution in [0.15, 0.2) is 12.4 Å². The number of halogens is 3. The monoisotopic (exact) mass is 249 g/mol. The van der Waals surface area contributed by atoms with Crippen molar-refractivity contribution in [2.75, 3.05) is 19.6 Å². The molecule has 1 N–H and O–H groups in total. The Morgan fingerprint density at radius 1 is 1.35 bits per heavy atom. The van der Waals surface area contributed by atoms with Gasteiger partial charge in [0.2, 0.25) is 0 Å². The molecule has 0 bridgehead atoms. The van der Waals surface area contributed by atoms with E-state index in [1.54, 1.807) is 4.68 Å². The second kappa shape index (κ2) is 4.56. The molecule has 4 nitrogen and oxygen atoms in total. The molecule has 0 amide bonds. The Kier molecular flexibility index (Phi) is 3.28. The summed E-state index contributed by atoms with van der Waals surface area (Å²) in [4.78, 5) is 1.40. The number of likely N-dealkylation sites (tertiary alicyclic amines) is 1. The number of rotatable bonds is 2. The predicted octanol–water partition coefficient (Wildman–Crippen LogP) is 1.79. The number of hydrogen-bond donors (Lipinski definition) is 1. The highest BCUT2D eigenvalue weighted by molar-refractivity contribution is 5.09. The summed E-state index contributed by atoms with van der Waals surface area (Å²) in [6.07, 6.45) is -0.0443. The molecule has 17 heavy (non-hydrogen) atoms. The molecule has 0 saturated carbocycles. The Morgan fingerprint density at radius 3 is 2.47 bits per heavy atom. The molecule has 1 aliphatic heterocycles. The maximum absolute atomic E-state index is 12.2. The van der Waals surface area contributed by atoms with Gasteiger partial charge in [0.25, 0.3) is 0 Å². The lowest BCUT2D eigenvalue weighted by atomic mass is 10.1. The molecular formula is C10H14F3N3O. The first-order chi connectivity index (χ1) is 7.94. The van der Waals surface area contributed by atoms with E-state index in [0.29, 0.717) is 25.9 Å². The van der Waals surface area contributed by atoms with Crippen molar-refractivity contribution in [3.63, 3.8) is 0 Å². The van der Waals surface area contributed by atoms with Crippen LogP contribution < -0.4 is 0 Å². The van der Waals surface area contributed by atoms with Gasteiger partial charge in [0.1, 0.15) is 0 Å². The molecule has 1 fully saturated rings. The molecule has 0 unspecified atom stereocenters. The molecule has 7 heteroatoms. The van der Waals surface area contributed by atoms with Crippen molar-refractivity contribution in [2.24, 2.45) is 0 Å². The molecular weight excluding hydrogens is 235 g/mol. The fraction of sp³-hybridized carbons (Fsp3) is 0.700. The van der Waals surface area contributed by atoms with Crippen LogP contribution in [0.1, 0.15) is 18.9 Å². The van der Waals surface area contributed by atoms with Crippen molar-refractivity contribution in [3.8, 4) is 5.75 Å². The van der Waals surface area contributed by atoms with E-state index < -0.39 is 12.7 Å². The van der Waals surface area contributed by atoms with E-state index in [-0.39, 0.29) is 11.8 Å². The molecule has 1 aromatic heterocycles. The van der Waals surface area contributed by atoms with Crippen LogP contribution in [0.3, 0.4) is 0 Å². The number of aromatic hydroxyl groups is 1. The Labute approximate surface area is 96.6 Å². The zero-order valence-electron chi connectivity index (χ0n) is 9.19. The van der Waals surface area contributed by atoms with Gasteiger partial charge >= 0.3 is 6.18 Å². The van der Waals surface area contributed by atoms with Gasteiger partial charge in [-0.2, -0.15) is 18.3 Å². The SMILES string of the molecule is Oc1cnn(C2CCN(CC(F)(F)F)CC2)c1. The zero-order chi connectivity index (χ0) is 12.5. The maximum Gasteiger partial charge on any atom is 0.401 e. The average Bonchev–Trinajstić information content (AvgIpc) is 2.63. The minimum Gasteiger partial charge on any atom is -0.505 e. The molecule has 1 aliphatic rings. The van der Waals surface area contributed by atoms with Crippen LogP contribution in [0.25, 0.3) is 0 Å². The molecule has 0 radical (unpaired) electrons. The van der Waals surface area contributed by atoms with Gasteiger partial charge < -0.3 is 5.11 Å². The minimum atomic E-state index is -4.13. The number of hydrogen-bond acceptors (Lipinski definition) is 3. The van der Waals surface area contributed by atoms with E-state index in [1.807, 2.05) is 0 Å². The molecule has 2 heterocycles. The van der Waals surface area contributed by atoms with Crippen LogP contribution in [-0.4, -0.2) is 45.6 Å². The van der Waals surface area contributed by atoms with Crippen LogP contribution >= 0.6 is 0 Å². The van der Waals surface area contributed by atoms with Crippen LogP contribution in [0, 0.1) is 0 Å². The molecule has 1 aromatic rings. The quantitative estimate of drug-likeness (QED) is 0.868. The predicted molar refractivity (Wildman–Crippen MR) is 54.7 cm³/mol. The largest absolute Gasteiger partial charge is 0.505 e. The third kappa shape index (κ3) is 3.36.